The van der Waals surface area contributed by atoms with E-state index in [4.69, 9.17) is 9.84 Å². The highest BCUT2D eigenvalue weighted by Crippen LogP contribution is 2.26. The number of hydrogen-bond acceptors (Lipinski definition) is 5. The Labute approximate surface area is 195 Å². The van der Waals surface area contributed by atoms with Gasteiger partial charge in [-0.25, -0.2) is 8.42 Å². The maximum absolute atomic E-state index is 12.5. The minimum Gasteiger partial charge on any atom is -0.493 e. The van der Waals surface area contributed by atoms with Gasteiger partial charge in [-0.2, -0.15) is 0 Å². The van der Waals surface area contributed by atoms with Crippen molar-refractivity contribution in [3.63, 3.8) is 0 Å². The van der Waals surface area contributed by atoms with Crippen LogP contribution in [0.25, 0.3) is 6.08 Å². The number of rotatable bonds is 12. The number of sulfonamides is 1. The molecule has 3 N–H and O–H groups in total. The first-order valence-corrected chi connectivity index (χ1v) is 12.8. The van der Waals surface area contributed by atoms with Crippen molar-refractivity contribution in [2.45, 2.75) is 56.3 Å². The van der Waals surface area contributed by atoms with Gasteiger partial charge in [0.15, 0.2) is 0 Å². The number of aliphatic hydroxyl groups is 1. The van der Waals surface area contributed by atoms with Gasteiger partial charge in [0.2, 0.25) is 10.0 Å². The van der Waals surface area contributed by atoms with E-state index in [1.54, 1.807) is 36.4 Å². The number of benzene rings is 2. The lowest BCUT2D eigenvalue weighted by Gasteiger charge is -2.14. The van der Waals surface area contributed by atoms with Crippen molar-refractivity contribution in [3.8, 4) is 5.75 Å². The summed E-state index contributed by atoms with van der Waals surface area (Å²) in [6, 6.07) is 14.4. The fourth-order valence-corrected chi connectivity index (χ4v) is 5.43. The molecular weight excluding hydrogens is 442 g/mol. The molecule has 0 radical (unpaired) electrons. The predicted molar refractivity (Wildman–Crippen MR) is 129 cm³/mol. The lowest BCUT2D eigenvalue weighted by atomic mass is 10.1. The maximum atomic E-state index is 12.5. The molecule has 3 rings (SSSR count). The third kappa shape index (κ3) is 7.91. The highest BCUT2D eigenvalue weighted by atomic mass is 32.2. The number of aryl methyl sites for hydroxylation is 1. The van der Waals surface area contributed by atoms with Crippen LogP contribution in [0, 0.1) is 0 Å². The summed E-state index contributed by atoms with van der Waals surface area (Å²) >= 11 is 0. The van der Waals surface area contributed by atoms with Crippen molar-refractivity contribution in [2.75, 3.05) is 11.3 Å². The molecule has 0 aliphatic heterocycles. The minimum absolute atomic E-state index is 0.0294. The van der Waals surface area contributed by atoms with Gasteiger partial charge >= 0.3 is 5.97 Å². The second kappa shape index (κ2) is 11.9. The SMILES string of the molecule is O=C(O)CCc1ccccc1OCCC(O)/C=C/c1cccc(NS(=O)(=O)C2CCCC2)c1. The Morgan fingerprint density at radius 1 is 1.15 bits per heavy atom. The Kier molecular flexibility index (Phi) is 8.91. The summed E-state index contributed by atoms with van der Waals surface area (Å²) in [7, 11) is -3.38. The minimum atomic E-state index is -3.38. The van der Waals surface area contributed by atoms with Gasteiger partial charge in [-0.1, -0.05) is 55.3 Å². The predicted octanol–water partition coefficient (Wildman–Crippen LogP) is 4.23. The first kappa shape index (κ1) is 24.8. The molecule has 0 spiro atoms. The number of aliphatic hydroxyl groups excluding tert-OH is 1. The lowest BCUT2D eigenvalue weighted by molar-refractivity contribution is -0.136. The third-order valence-electron chi connectivity index (χ3n) is 5.65. The van der Waals surface area contributed by atoms with Gasteiger partial charge in [0.05, 0.1) is 18.0 Å². The monoisotopic (exact) mass is 473 g/mol. The van der Waals surface area contributed by atoms with Crippen LogP contribution in [-0.4, -0.2) is 42.6 Å². The van der Waals surface area contributed by atoms with Gasteiger partial charge in [0.25, 0.3) is 0 Å². The second-order valence-corrected chi connectivity index (χ2v) is 10.2. The zero-order valence-electron chi connectivity index (χ0n) is 18.5. The molecule has 1 fully saturated rings. The number of ether oxygens (including phenoxy) is 1. The molecule has 1 aliphatic rings. The number of aliphatic carboxylic acids is 1. The van der Waals surface area contributed by atoms with E-state index in [9.17, 15) is 18.3 Å². The number of anilines is 1. The number of carbonyl (C=O) groups is 1. The van der Waals surface area contributed by atoms with Gasteiger partial charge in [-0.05, 0) is 48.6 Å². The van der Waals surface area contributed by atoms with E-state index in [-0.39, 0.29) is 18.3 Å². The molecule has 8 heteroatoms. The van der Waals surface area contributed by atoms with Crippen LogP contribution in [0.1, 0.15) is 49.7 Å². The zero-order valence-corrected chi connectivity index (χ0v) is 19.3. The molecule has 2 aromatic carbocycles. The lowest BCUT2D eigenvalue weighted by Crippen LogP contribution is -2.25. The number of para-hydroxylation sites is 1. The molecule has 1 aliphatic carbocycles. The standard InChI is InChI=1S/C25H31NO6S/c27-22(16-17-32-24-11-4-1-7-20(24)13-15-25(28)29)14-12-19-6-5-8-21(18-19)26-33(30,31)23-9-2-3-10-23/h1,4-8,11-12,14,18,22-23,26-27H,2-3,9-10,13,15-17H2,(H,28,29)/b14-12+. The molecule has 0 aromatic heterocycles. The van der Waals surface area contributed by atoms with Gasteiger partial charge in [-0.3, -0.25) is 9.52 Å². The Morgan fingerprint density at radius 3 is 2.67 bits per heavy atom. The first-order valence-electron chi connectivity index (χ1n) is 11.2. The molecule has 1 unspecified atom stereocenters. The highest BCUT2D eigenvalue weighted by molar-refractivity contribution is 7.93. The van der Waals surface area contributed by atoms with E-state index in [0.29, 0.717) is 37.1 Å². The van der Waals surface area contributed by atoms with Crippen LogP contribution in [-0.2, 0) is 21.2 Å². The van der Waals surface area contributed by atoms with Gasteiger partial charge in [0.1, 0.15) is 5.75 Å². The van der Waals surface area contributed by atoms with E-state index in [1.165, 1.54) is 0 Å². The highest BCUT2D eigenvalue weighted by Gasteiger charge is 2.28. The molecule has 1 saturated carbocycles. The average Bonchev–Trinajstić information content (AvgIpc) is 3.33. The van der Waals surface area contributed by atoms with Gasteiger partial charge in [-0.15, -0.1) is 0 Å². The molecule has 0 amide bonds. The first-order chi connectivity index (χ1) is 15.8. The normalized spacial score (nSPS) is 15.5. The quantitative estimate of drug-likeness (QED) is 0.425. The van der Waals surface area contributed by atoms with Crippen LogP contribution >= 0.6 is 0 Å². The van der Waals surface area contributed by atoms with Crippen LogP contribution in [0.2, 0.25) is 0 Å². The smallest absolute Gasteiger partial charge is 0.303 e. The molecule has 7 nitrogen and oxygen atoms in total. The van der Waals surface area contributed by atoms with Crippen molar-refractivity contribution < 1.29 is 28.2 Å². The van der Waals surface area contributed by atoms with Crippen LogP contribution in [0.4, 0.5) is 5.69 Å². The fourth-order valence-electron chi connectivity index (χ4n) is 3.85. The summed E-state index contributed by atoms with van der Waals surface area (Å²) in [6.45, 7) is 0.275. The van der Waals surface area contributed by atoms with Crippen LogP contribution in [0.3, 0.4) is 0 Å². The van der Waals surface area contributed by atoms with Crippen molar-refractivity contribution in [3.05, 3.63) is 65.7 Å². The summed E-state index contributed by atoms with van der Waals surface area (Å²) in [5, 5.41) is 18.8. The van der Waals surface area contributed by atoms with Crippen LogP contribution in [0.5, 0.6) is 5.75 Å². The van der Waals surface area contributed by atoms with Crippen LogP contribution < -0.4 is 9.46 Å². The molecule has 2 aromatic rings. The number of hydrogen-bond donors (Lipinski definition) is 3. The van der Waals surface area contributed by atoms with Crippen LogP contribution in [0.15, 0.2) is 54.6 Å². The van der Waals surface area contributed by atoms with Crippen molar-refractivity contribution in [1.82, 2.24) is 0 Å². The van der Waals surface area contributed by atoms with Crippen molar-refractivity contribution >= 4 is 27.8 Å². The molecule has 0 saturated heterocycles. The number of carboxylic acids is 1. The van der Waals surface area contributed by atoms with Gasteiger partial charge in [0, 0.05) is 18.5 Å². The van der Waals surface area contributed by atoms with Crippen molar-refractivity contribution in [1.29, 1.82) is 0 Å². The molecule has 0 heterocycles. The Morgan fingerprint density at radius 2 is 1.91 bits per heavy atom. The molecular formula is C25H31NO6S. The fraction of sp³-hybridized carbons (Fsp3) is 0.400. The van der Waals surface area contributed by atoms with E-state index >= 15 is 0 Å². The zero-order chi connectivity index (χ0) is 23.7. The molecule has 178 valence electrons. The van der Waals surface area contributed by atoms with E-state index in [1.807, 2.05) is 24.3 Å². The molecule has 0 bridgehead atoms. The van der Waals surface area contributed by atoms with E-state index in [0.717, 1.165) is 24.0 Å². The second-order valence-electron chi connectivity index (χ2n) is 8.24. The topological polar surface area (TPSA) is 113 Å². The number of nitrogens with one attached hydrogen (secondary N) is 1. The Bertz CT molecular complexity index is 1060. The average molecular weight is 474 g/mol. The van der Waals surface area contributed by atoms with Crippen molar-refractivity contribution in [2.24, 2.45) is 0 Å². The van der Waals surface area contributed by atoms with Gasteiger partial charge < -0.3 is 14.9 Å². The Hall–Kier alpha value is -2.84. The summed E-state index contributed by atoms with van der Waals surface area (Å²) in [4.78, 5) is 10.8. The maximum Gasteiger partial charge on any atom is 0.303 e. The molecule has 1 atom stereocenters. The Balaban J connectivity index is 1.50. The summed E-state index contributed by atoms with van der Waals surface area (Å²) < 4.78 is 33.4. The van der Waals surface area contributed by atoms with E-state index < -0.39 is 22.1 Å². The summed E-state index contributed by atoms with van der Waals surface area (Å²) in [6.07, 6.45) is 6.72. The molecule has 33 heavy (non-hydrogen) atoms. The summed E-state index contributed by atoms with van der Waals surface area (Å²) in [5.41, 5.74) is 2.11. The third-order valence-corrected chi connectivity index (χ3v) is 7.52. The number of carboxylic acid groups (broad SMARTS) is 1. The summed E-state index contributed by atoms with van der Waals surface area (Å²) in [5.74, 6) is -0.238. The van der Waals surface area contributed by atoms with E-state index in [2.05, 4.69) is 4.72 Å². The largest absolute Gasteiger partial charge is 0.493 e.